The first-order valence-corrected chi connectivity index (χ1v) is 29.6. The number of hydrogen-bond donors (Lipinski definition) is 25. The van der Waals surface area contributed by atoms with Gasteiger partial charge in [0.15, 0.2) is 99.9 Å². The lowest BCUT2D eigenvalue weighted by Gasteiger charge is -2.44. The van der Waals surface area contributed by atoms with E-state index >= 15 is 0 Å². The number of carbonyl (C=O) groups is 2. The molecule has 0 amide bonds. The maximum atomic E-state index is 14.6. The molecule has 3 fully saturated rings. The van der Waals surface area contributed by atoms with Gasteiger partial charge in [0.1, 0.15) is 114 Å². The fraction of sp³-hybridized carbons (Fsp3) is 0.387. The molecule has 6 aromatic rings. The van der Waals surface area contributed by atoms with Gasteiger partial charge in [0.05, 0.1) is 36.9 Å². The number of aromatic hydroxyl groups is 15. The van der Waals surface area contributed by atoms with Crippen molar-refractivity contribution in [1.29, 1.82) is 0 Å². The van der Waals surface area contributed by atoms with Crippen molar-refractivity contribution in [2.75, 3.05) is 19.8 Å². The lowest BCUT2D eigenvalue weighted by atomic mass is 9.77. The van der Waals surface area contributed by atoms with Gasteiger partial charge in [-0.3, -0.25) is 0 Å². The van der Waals surface area contributed by atoms with Crippen molar-refractivity contribution < 1.29 is 185 Å². The molecular weight excluding hydrogens is 1340 g/mol. The standard InChI is InChI=1S/C62H64O37/c63-13-35-45(79)48(82)51(85)60(95-35)90-14-36-46(80)49(83)52(86)61(96-36)91-15-37-47(81)50(84)53(87)62(97-37)92-20-9-23(65)38-33(10-20)93-55(17-3-27(69)42(76)28(70)4-17)57(99-59(89)19-7-31(73)44(78)32(74)8-19)40(38)39-24(66)12-22(64)21-11-34(94-58(88)18-5-29(71)43(77)30(72)6-18)54(98-56(21)39)16-1-25(67)41(75)26(68)2-16/h1-10,12,34-37,40,45-55,57,60-87H,11,13-15H2. The Labute approximate surface area is 552 Å². The number of rotatable bonds is 16. The molecular formula is C62H64O37. The van der Waals surface area contributed by atoms with Crippen molar-refractivity contribution in [1.82, 2.24) is 0 Å². The van der Waals surface area contributed by atoms with E-state index in [0.29, 0.717) is 30.3 Å². The number of benzene rings is 6. The highest BCUT2D eigenvalue weighted by molar-refractivity contribution is 5.92. The highest BCUT2D eigenvalue weighted by atomic mass is 16.7. The van der Waals surface area contributed by atoms with Crippen molar-refractivity contribution in [3.05, 3.63) is 106 Å². The van der Waals surface area contributed by atoms with Crippen molar-refractivity contribution in [3.8, 4) is 103 Å². The number of hydrogen-bond acceptors (Lipinski definition) is 37. The quantitative estimate of drug-likeness (QED) is 0.0351. The molecule has 99 heavy (non-hydrogen) atoms. The third-order valence-electron chi connectivity index (χ3n) is 17.2. The van der Waals surface area contributed by atoms with E-state index in [1.165, 1.54) is 0 Å². The zero-order chi connectivity index (χ0) is 71.8. The van der Waals surface area contributed by atoms with E-state index in [1.807, 2.05) is 0 Å². The molecule has 6 aromatic carbocycles. The van der Waals surface area contributed by atoms with Crippen LogP contribution in [0.2, 0.25) is 0 Å². The summed E-state index contributed by atoms with van der Waals surface area (Å²) in [7, 11) is 0. The Bertz CT molecular complexity index is 3960. The summed E-state index contributed by atoms with van der Waals surface area (Å²) in [6, 6.07) is 8.20. The number of aliphatic hydroxyl groups is 10. The summed E-state index contributed by atoms with van der Waals surface area (Å²) in [5.74, 6) is -22.5. The summed E-state index contributed by atoms with van der Waals surface area (Å²) >= 11 is 0. The van der Waals surface area contributed by atoms with E-state index in [-0.39, 0.29) is 5.56 Å². The predicted octanol–water partition coefficient (Wildman–Crippen LogP) is -2.51. The molecule has 37 heteroatoms. The van der Waals surface area contributed by atoms with Crippen LogP contribution in [0.4, 0.5) is 0 Å². The number of phenols is 15. The highest BCUT2D eigenvalue weighted by Gasteiger charge is 2.53. The topological polar surface area (TPSA) is 632 Å². The second-order valence-corrected chi connectivity index (χ2v) is 23.6. The van der Waals surface area contributed by atoms with Gasteiger partial charge in [0, 0.05) is 52.4 Å². The van der Waals surface area contributed by atoms with Gasteiger partial charge in [0.2, 0.25) is 6.29 Å². The Morgan fingerprint density at radius 2 is 0.808 bits per heavy atom. The number of esters is 2. The molecule has 25 N–H and O–H groups in total. The summed E-state index contributed by atoms with van der Waals surface area (Å²) in [5.41, 5.74) is -3.83. The van der Waals surface area contributed by atoms with Crippen LogP contribution in [-0.4, -0.2) is 264 Å². The van der Waals surface area contributed by atoms with E-state index in [0.717, 1.165) is 36.4 Å². The van der Waals surface area contributed by atoms with E-state index in [9.17, 15) is 137 Å². The van der Waals surface area contributed by atoms with Gasteiger partial charge in [-0.1, -0.05) is 0 Å². The number of carbonyl (C=O) groups excluding carboxylic acids is 2. The monoisotopic (exact) mass is 1400 g/mol. The predicted molar refractivity (Wildman–Crippen MR) is 314 cm³/mol. The fourth-order valence-corrected chi connectivity index (χ4v) is 12.0. The molecule has 5 aliphatic rings. The molecule has 0 bridgehead atoms. The van der Waals surface area contributed by atoms with Gasteiger partial charge in [-0.25, -0.2) is 9.59 Å². The molecule has 534 valence electrons. The van der Waals surface area contributed by atoms with Crippen LogP contribution in [-0.2, 0) is 39.6 Å². The Morgan fingerprint density at radius 3 is 1.28 bits per heavy atom. The molecule has 5 heterocycles. The Balaban J connectivity index is 0.981. The third-order valence-corrected chi connectivity index (χ3v) is 17.2. The molecule has 0 aromatic heterocycles. The average molecular weight is 1400 g/mol. The number of ether oxygens (including phenoxy) is 10. The van der Waals surface area contributed by atoms with Crippen molar-refractivity contribution in [3.63, 3.8) is 0 Å². The lowest BCUT2D eigenvalue weighted by molar-refractivity contribution is -0.339. The molecule has 11 rings (SSSR count). The summed E-state index contributed by atoms with van der Waals surface area (Å²) < 4.78 is 58.7. The van der Waals surface area contributed by atoms with Crippen LogP contribution in [0, 0.1) is 0 Å². The van der Waals surface area contributed by atoms with Crippen LogP contribution >= 0.6 is 0 Å². The molecule has 3 saturated heterocycles. The average Bonchev–Trinajstić information content (AvgIpc) is 0.722. The second-order valence-electron chi connectivity index (χ2n) is 23.6. The Kier molecular flexibility index (Phi) is 19.5. The molecule has 20 atom stereocenters. The van der Waals surface area contributed by atoms with Crippen LogP contribution < -0.4 is 14.2 Å². The molecule has 37 nitrogen and oxygen atoms in total. The van der Waals surface area contributed by atoms with Crippen LogP contribution in [0.5, 0.6) is 103 Å². The second kappa shape index (κ2) is 27.4. The first kappa shape index (κ1) is 70.4. The number of fused-ring (bicyclic) bond motifs is 2. The van der Waals surface area contributed by atoms with Gasteiger partial charge < -0.3 is 175 Å². The van der Waals surface area contributed by atoms with Crippen molar-refractivity contribution in [2.24, 2.45) is 0 Å². The summed E-state index contributed by atoms with van der Waals surface area (Å²) in [5, 5.41) is 270. The van der Waals surface area contributed by atoms with Crippen LogP contribution in [0.3, 0.4) is 0 Å². The zero-order valence-corrected chi connectivity index (χ0v) is 50.3. The Hall–Kier alpha value is -9.94. The first-order valence-electron chi connectivity index (χ1n) is 29.6. The molecule has 0 radical (unpaired) electrons. The van der Waals surface area contributed by atoms with Crippen LogP contribution in [0.25, 0.3) is 0 Å². The summed E-state index contributed by atoms with van der Waals surface area (Å²) in [6.07, 6.45) is -37.6. The Morgan fingerprint density at radius 1 is 0.404 bits per heavy atom. The van der Waals surface area contributed by atoms with Crippen LogP contribution in [0.15, 0.2) is 66.7 Å². The zero-order valence-electron chi connectivity index (χ0n) is 50.3. The maximum Gasteiger partial charge on any atom is 0.338 e. The largest absolute Gasteiger partial charge is 0.507 e. The van der Waals surface area contributed by atoms with Crippen LogP contribution in [0.1, 0.15) is 66.7 Å². The molecule has 5 aliphatic heterocycles. The van der Waals surface area contributed by atoms with Gasteiger partial charge in [0.25, 0.3) is 0 Å². The summed E-state index contributed by atoms with van der Waals surface area (Å²) in [4.78, 5) is 28.5. The molecule has 0 aliphatic carbocycles. The fourth-order valence-electron chi connectivity index (χ4n) is 12.0. The minimum atomic E-state index is -2.24. The summed E-state index contributed by atoms with van der Waals surface area (Å²) in [6.45, 7) is -2.54. The van der Waals surface area contributed by atoms with E-state index in [2.05, 4.69) is 0 Å². The first-order chi connectivity index (χ1) is 46.8. The highest BCUT2D eigenvalue weighted by Crippen LogP contribution is 2.59. The number of aliphatic hydroxyl groups excluding tert-OH is 10. The minimum Gasteiger partial charge on any atom is -0.507 e. The third kappa shape index (κ3) is 13.2. The van der Waals surface area contributed by atoms with Gasteiger partial charge in [-0.2, -0.15) is 0 Å². The minimum absolute atomic E-state index is 0.361. The van der Waals surface area contributed by atoms with E-state index in [4.69, 9.17) is 47.4 Å². The van der Waals surface area contributed by atoms with Crippen molar-refractivity contribution in [2.45, 2.75) is 129 Å². The maximum absolute atomic E-state index is 14.6. The smallest absolute Gasteiger partial charge is 0.338 e. The molecule has 0 spiro atoms. The van der Waals surface area contributed by atoms with Gasteiger partial charge >= 0.3 is 11.9 Å². The number of phenolic OH excluding ortho intramolecular Hbond substituents is 15. The molecule has 0 saturated carbocycles. The lowest BCUT2D eigenvalue weighted by Crippen LogP contribution is -2.63. The normalized spacial score (nSPS) is 30.4. The van der Waals surface area contributed by atoms with Gasteiger partial charge in [-0.15, -0.1) is 0 Å². The van der Waals surface area contributed by atoms with E-state index < -0.39 is 298 Å². The van der Waals surface area contributed by atoms with E-state index in [1.54, 1.807) is 0 Å². The van der Waals surface area contributed by atoms with Crippen molar-refractivity contribution >= 4 is 11.9 Å². The van der Waals surface area contributed by atoms with Gasteiger partial charge in [-0.05, 0) is 48.5 Å². The molecule has 20 unspecified atom stereocenters. The SMILES string of the molecule is O=C(OC1Cc2c(O)cc(O)c(C3c4c(O)cc(OC5OC(COC6OC(COC7OC(CO)C(O)C(O)C7O)C(O)C(O)C6O)C(O)C(O)C5O)cc4OC(c4cc(O)c(O)c(O)c4)C3OC(=O)c3cc(O)c(O)c(O)c3)c2OC1c1cc(O)c(O)c(O)c1)c1cc(O)c(O)c(O)c1.